The number of aliphatic carboxylic acids is 1. The maximum atomic E-state index is 12.7. The van der Waals surface area contributed by atoms with E-state index in [2.05, 4.69) is 0 Å². The van der Waals surface area contributed by atoms with Gasteiger partial charge in [-0.1, -0.05) is 0 Å². The molecule has 0 fully saturated rings. The van der Waals surface area contributed by atoms with E-state index in [9.17, 15) is 31.9 Å². The summed E-state index contributed by atoms with van der Waals surface area (Å²) in [6.07, 6.45) is -2.76. The van der Waals surface area contributed by atoms with E-state index in [1.807, 2.05) is 0 Å². The van der Waals surface area contributed by atoms with Crippen molar-refractivity contribution in [3.05, 3.63) is 0 Å². The Morgan fingerprint density at radius 3 is 1.42 bits per heavy atom. The van der Waals surface area contributed by atoms with Crippen LogP contribution in [0.15, 0.2) is 0 Å². The van der Waals surface area contributed by atoms with Crippen molar-refractivity contribution < 1.29 is 42.2 Å². The highest BCUT2D eigenvalue weighted by Crippen LogP contribution is 2.26. The van der Waals surface area contributed by atoms with Gasteiger partial charge >= 0.3 is 5.97 Å². The molecule has 0 aromatic carbocycles. The van der Waals surface area contributed by atoms with Gasteiger partial charge in [0.15, 0.2) is 0 Å². The van der Waals surface area contributed by atoms with Crippen molar-refractivity contribution in [2.24, 2.45) is 0 Å². The molecule has 0 saturated carbocycles. The number of alkyl halides is 4. The molecule has 0 rings (SSSR count). The minimum absolute atomic E-state index is 0. The van der Waals surface area contributed by atoms with E-state index in [0.717, 1.165) is 0 Å². The lowest BCUT2D eigenvalue weighted by molar-refractivity contribution is -0.139. The molecule has 0 bridgehead atoms. The smallest absolute Gasteiger partial charge is 0.303 e. The Balaban J connectivity index is -0.000000393. The number of carboxylic acid groups (broad SMARTS) is 1. The van der Waals surface area contributed by atoms with Crippen LogP contribution in [0.3, 0.4) is 0 Å². The third-order valence-electron chi connectivity index (χ3n) is 3.09. The van der Waals surface area contributed by atoms with Crippen molar-refractivity contribution in [2.45, 2.75) is 77.1 Å². The SMILES string of the molecule is CC(=O)CCC(F)(F)CCC(=O)O.CC(=O)CCC(F)(F)CCCO.[B]. The maximum Gasteiger partial charge on any atom is 0.303 e. The van der Waals surface area contributed by atoms with Crippen LogP contribution in [0, 0.1) is 0 Å². The van der Waals surface area contributed by atoms with Gasteiger partial charge in [-0.25, -0.2) is 17.6 Å². The van der Waals surface area contributed by atoms with Crippen LogP contribution in [-0.2, 0) is 14.4 Å². The number of ketones is 2. The summed E-state index contributed by atoms with van der Waals surface area (Å²) < 4.78 is 50.9. The lowest BCUT2D eigenvalue weighted by Crippen LogP contribution is -2.18. The number of rotatable bonds is 12. The first-order chi connectivity index (χ1) is 11.3. The third-order valence-corrected chi connectivity index (χ3v) is 3.09. The molecule has 0 unspecified atom stereocenters. The van der Waals surface area contributed by atoms with Gasteiger partial charge in [0.2, 0.25) is 11.8 Å². The van der Waals surface area contributed by atoms with Gasteiger partial charge in [0.25, 0.3) is 0 Å². The summed E-state index contributed by atoms with van der Waals surface area (Å²) >= 11 is 0. The van der Waals surface area contributed by atoms with E-state index < -0.39 is 43.5 Å². The molecule has 0 atom stereocenters. The van der Waals surface area contributed by atoms with Crippen molar-refractivity contribution >= 4 is 25.9 Å². The van der Waals surface area contributed by atoms with Gasteiger partial charge in [-0.15, -0.1) is 0 Å². The molecule has 2 N–H and O–H groups in total. The van der Waals surface area contributed by atoms with E-state index in [0.29, 0.717) is 0 Å². The highest BCUT2D eigenvalue weighted by molar-refractivity contribution is 5.76. The van der Waals surface area contributed by atoms with Crippen LogP contribution in [0.25, 0.3) is 0 Å². The quantitative estimate of drug-likeness (QED) is 0.398. The van der Waals surface area contributed by atoms with E-state index in [1.54, 1.807) is 0 Å². The van der Waals surface area contributed by atoms with Gasteiger partial charge in [-0.3, -0.25) is 4.79 Å². The van der Waals surface area contributed by atoms with E-state index >= 15 is 0 Å². The Labute approximate surface area is 152 Å². The fourth-order valence-corrected chi connectivity index (χ4v) is 1.60. The van der Waals surface area contributed by atoms with Gasteiger partial charge in [0, 0.05) is 53.5 Å². The Hall–Kier alpha value is -1.45. The molecule has 0 aliphatic carbocycles. The van der Waals surface area contributed by atoms with Crippen LogP contribution in [0.2, 0.25) is 0 Å². The predicted molar refractivity (Wildman–Crippen MR) is 88.7 cm³/mol. The fraction of sp³-hybridized carbons (Fsp3) is 0.812. The fourth-order valence-electron chi connectivity index (χ4n) is 1.60. The summed E-state index contributed by atoms with van der Waals surface area (Å²) in [6.45, 7) is 2.30. The second-order valence-corrected chi connectivity index (χ2v) is 5.84. The summed E-state index contributed by atoms with van der Waals surface area (Å²) in [5.74, 6) is -7.62. The van der Waals surface area contributed by atoms with Crippen LogP contribution in [0.1, 0.15) is 65.2 Å². The van der Waals surface area contributed by atoms with Crippen molar-refractivity contribution in [3.8, 4) is 0 Å². The second-order valence-electron chi connectivity index (χ2n) is 5.84. The Morgan fingerprint density at radius 1 is 0.769 bits per heavy atom. The summed E-state index contributed by atoms with van der Waals surface area (Å²) in [5.41, 5.74) is 0. The number of carbonyl (C=O) groups excluding carboxylic acids is 2. The molecule has 0 aliphatic rings. The molecule has 0 saturated heterocycles. The van der Waals surface area contributed by atoms with Crippen LogP contribution >= 0.6 is 0 Å². The highest BCUT2D eigenvalue weighted by Gasteiger charge is 2.29. The molecule has 0 aromatic rings. The Morgan fingerprint density at radius 2 is 1.12 bits per heavy atom. The number of halogens is 4. The molecule has 5 nitrogen and oxygen atoms in total. The first kappa shape index (κ1) is 29.3. The number of hydrogen-bond acceptors (Lipinski definition) is 4. The van der Waals surface area contributed by atoms with Gasteiger partial charge in [0.05, 0.1) is 6.42 Å². The lowest BCUT2D eigenvalue weighted by atomic mass is 10.1. The third kappa shape index (κ3) is 22.6. The van der Waals surface area contributed by atoms with Crippen molar-refractivity contribution in [1.82, 2.24) is 0 Å². The van der Waals surface area contributed by atoms with E-state index in [4.69, 9.17) is 10.2 Å². The summed E-state index contributed by atoms with van der Waals surface area (Å²) in [7, 11) is 0. The van der Waals surface area contributed by atoms with Crippen LogP contribution in [0.5, 0.6) is 0 Å². The lowest BCUT2D eigenvalue weighted by Gasteiger charge is -2.14. The largest absolute Gasteiger partial charge is 0.481 e. The molecule has 0 aliphatic heterocycles. The number of hydrogen-bond donors (Lipinski definition) is 2. The Kier molecular flexibility index (Phi) is 16.6. The van der Waals surface area contributed by atoms with Crippen LogP contribution in [0.4, 0.5) is 17.6 Å². The molecular weight excluding hydrogens is 359 g/mol. The van der Waals surface area contributed by atoms with E-state index in [1.165, 1.54) is 13.8 Å². The molecule has 0 spiro atoms. The molecule has 3 radical (unpaired) electrons. The summed E-state index contributed by atoms with van der Waals surface area (Å²) in [6, 6.07) is 0. The van der Waals surface area contributed by atoms with E-state index in [-0.39, 0.29) is 52.3 Å². The normalized spacial score (nSPS) is 11.0. The molecule has 151 valence electrons. The highest BCUT2D eigenvalue weighted by atomic mass is 19.3. The van der Waals surface area contributed by atoms with Crippen molar-refractivity contribution in [2.75, 3.05) is 6.61 Å². The number of carboxylic acids is 1. The standard InChI is InChI=1S/C8H12F2O3.C8H14F2O2.B/c1-6(11)2-4-8(9,10)5-3-7(12)13;1-7(12)3-5-8(9,10)4-2-6-11;/h2-5H2,1H3,(H,12,13);11H,2-6H2,1H3;. The molecule has 0 amide bonds. The number of carbonyl (C=O) groups is 3. The van der Waals surface area contributed by atoms with Crippen LogP contribution in [-0.4, -0.2) is 54.6 Å². The second kappa shape index (κ2) is 14.7. The average molecular weight is 385 g/mol. The Bertz CT molecular complexity index is 411. The van der Waals surface area contributed by atoms with Gasteiger partial charge in [0.1, 0.15) is 11.6 Å². The van der Waals surface area contributed by atoms with Gasteiger partial charge in [-0.05, 0) is 20.3 Å². The van der Waals surface area contributed by atoms with Gasteiger partial charge in [-0.2, -0.15) is 0 Å². The zero-order valence-electron chi connectivity index (χ0n) is 15.1. The summed E-state index contributed by atoms with van der Waals surface area (Å²) in [5, 5.41) is 16.5. The molecule has 0 aromatic heterocycles. The summed E-state index contributed by atoms with van der Waals surface area (Å²) in [4.78, 5) is 30.7. The number of aliphatic hydroxyl groups is 1. The number of Topliss-reactive ketones (excluding diaryl/α,β-unsaturated/α-hetero) is 2. The predicted octanol–water partition coefficient (Wildman–Crippen LogP) is 3.24. The minimum atomic E-state index is -3.04. The average Bonchev–Trinajstić information content (AvgIpc) is 2.48. The molecule has 26 heavy (non-hydrogen) atoms. The maximum absolute atomic E-state index is 12.7. The monoisotopic (exact) mass is 385 g/mol. The zero-order chi connectivity index (χ0) is 20.1. The zero-order valence-corrected chi connectivity index (χ0v) is 15.1. The van der Waals surface area contributed by atoms with Gasteiger partial charge < -0.3 is 19.8 Å². The number of aliphatic hydroxyl groups excluding tert-OH is 1. The first-order valence-corrected chi connectivity index (χ1v) is 7.88. The minimum Gasteiger partial charge on any atom is -0.481 e. The first-order valence-electron chi connectivity index (χ1n) is 7.88. The molecule has 0 heterocycles. The molecule has 10 heteroatoms. The van der Waals surface area contributed by atoms with Crippen LogP contribution < -0.4 is 0 Å². The topological polar surface area (TPSA) is 91.7 Å². The molecular formula is C16H26BF4O5. The van der Waals surface area contributed by atoms with Crippen molar-refractivity contribution in [1.29, 1.82) is 0 Å². The van der Waals surface area contributed by atoms with Crippen molar-refractivity contribution in [3.63, 3.8) is 0 Å².